The van der Waals surface area contributed by atoms with E-state index in [-0.39, 0.29) is 6.54 Å². The van der Waals surface area contributed by atoms with Gasteiger partial charge in [-0.05, 0) is 58.7 Å². The quantitative estimate of drug-likeness (QED) is 0.403. The van der Waals surface area contributed by atoms with E-state index in [1.54, 1.807) is 32.9 Å². The first-order valence-corrected chi connectivity index (χ1v) is 12.3. The van der Waals surface area contributed by atoms with Crippen LogP contribution < -0.4 is 10.6 Å². The highest BCUT2D eigenvalue weighted by atomic mass is 35.5. The van der Waals surface area contributed by atoms with Gasteiger partial charge in [0.2, 0.25) is 5.91 Å². The molecule has 0 spiro atoms. The van der Waals surface area contributed by atoms with Gasteiger partial charge in [0, 0.05) is 6.54 Å². The van der Waals surface area contributed by atoms with Crippen molar-refractivity contribution in [3.8, 4) is 0 Å². The highest BCUT2D eigenvalue weighted by Gasteiger charge is 2.36. The molecule has 2 aromatic rings. The molecule has 3 N–H and O–H groups in total. The Bertz CT molecular complexity index is 1120. The third-order valence-electron chi connectivity index (χ3n) is 5.37. The molecule has 0 aliphatic carbocycles. The molecule has 0 aromatic heterocycles. The first-order valence-electron chi connectivity index (χ1n) is 11.9. The van der Waals surface area contributed by atoms with Gasteiger partial charge in [0.1, 0.15) is 17.7 Å². The number of nitrogens with zero attached hydrogens (tertiary/aromatic N) is 1. The molecule has 8 nitrogen and oxygen atoms in total. The number of nitrogens with one attached hydrogen (secondary N) is 2. The first kappa shape index (κ1) is 29.9. The monoisotopic (exact) mass is 529 g/mol. The van der Waals surface area contributed by atoms with E-state index in [0.717, 1.165) is 16.7 Å². The van der Waals surface area contributed by atoms with E-state index in [1.165, 1.54) is 11.0 Å². The summed E-state index contributed by atoms with van der Waals surface area (Å²) in [4.78, 5) is 41.1. The number of hydrogen-bond donors (Lipinski definition) is 3. The van der Waals surface area contributed by atoms with Crippen LogP contribution in [0.2, 0.25) is 5.02 Å². The van der Waals surface area contributed by atoms with E-state index < -0.39 is 42.2 Å². The molecule has 9 heteroatoms. The molecule has 0 fully saturated rings. The van der Waals surface area contributed by atoms with Gasteiger partial charge in [-0.25, -0.2) is 4.79 Å². The Hall–Kier alpha value is -3.36. The lowest BCUT2D eigenvalue weighted by molar-refractivity contribution is -0.140. The van der Waals surface area contributed by atoms with Crippen LogP contribution in [-0.4, -0.2) is 52.7 Å². The summed E-state index contributed by atoms with van der Waals surface area (Å²) in [7, 11) is 0. The Morgan fingerprint density at radius 2 is 1.76 bits per heavy atom. The molecule has 37 heavy (non-hydrogen) atoms. The minimum atomic E-state index is -1.35. The van der Waals surface area contributed by atoms with E-state index in [4.69, 9.17) is 16.3 Å². The second kappa shape index (κ2) is 12.7. The van der Waals surface area contributed by atoms with E-state index in [0.29, 0.717) is 16.3 Å². The summed E-state index contributed by atoms with van der Waals surface area (Å²) in [5, 5.41) is 15.6. The Morgan fingerprint density at radius 1 is 1.14 bits per heavy atom. The Morgan fingerprint density at radius 3 is 2.27 bits per heavy atom. The second-order valence-electron chi connectivity index (χ2n) is 9.91. The molecule has 0 aliphatic heterocycles. The van der Waals surface area contributed by atoms with Crippen LogP contribution in [-0.2, 0) is 14.3 Å². The third kappa shape index (κ3) is 8.33. The maximum absolute atomic E-state index is 13.8. The predicted octanol–water partition coefficient (Wildman–Crippen LogP) is 4.85. The molecule has 0 radical (unpaired) electrons. The third-order valence-corrected chi connectivity index (χ3v) is 5.69. The van der Waals surface area contributed by atoms with Crippen molar-refractivity contribution in [1.29, 1.82) is 0 Å². The van der Waals surface area contributed by atoms with Crippen molar-refractivity contribution in [2.24, 2.45) is 0 Å². The van der Waals surface area contributed by atoms with Crippen molar-refractivity contribution < 1.29 is 24.2 Å². The zero-order valence-corrected chi connectivity index (χ0v) is 23.0. The molecule has 0 saturated carbocycles. The highest BCUT2D eigenvalue weighted by molar-refractivity contribution is 6.34. The largest absolute Gasteiger partial charge is 0.444 e. The molecule has 0 heterocycles. The second-order valence-corrected chi connectivity index (χ2v) is 10.3. The Balaban J connectivity index is 2.54. The molecular formula is C28H36ClN3O5. The Kier molecular flexibility index (Phi) is 10.3. The molecule has 0 bridgehead atoms. The molecule has 2 aromatic carbocycles. The van der Waals surface area contributed by atoms with Crippen molar-refractivity contribution >= 4 is 35.2 Å². The molecule has 2 atom stereocenters. The molecule has 3 amide bonds. The number of rotatable bonds is 9. The number of alkyl carbamates (subject to hydrolysis) is 1. The number of aliphatic hydroxyl groups excluding tert-OH is 1. The SMILES string of the molecule is C=CCN(C(=O)C(CO)NC(=O)OC(C)(C)C)C(C(=O)Nc1c(C)cccc1Cl)c1cc(C)cc(C)c1. The standard InChI is InChI=1S/C28H36ClN3O5/c1-8-12-32(26(35)22(16-33)30-27(36)37-28(5,6)7)24(20-14-17(2)13-18(3)15-20)25(34)31-23-19(4)10-9-11-21(23)29/h8-11,13-15,22,24,33H,1,12,16H2,2-7H3,(H,30,36)(H,31,34). The van der Waals surface area contributed by atoms with Crippen LogP contribution in [0, 0.1) is 20.8 Å². The lowest BCUT2D eigenvalue weighted by Crippen LogP contribution is -2.54. The summed E-state index contributed by atoms with van der Waals surface area (Å²) < 4.78 is 5.24. The summed E-state index contributed by atoms with van der Waals surface area (Å²) in [6.07, 6.45) is 0.612. The van der Waals surface area contributed by atoms with Crippen molar-refractivity contribution in [1.82, 2.24) is 10.2 Å². The zero-order chi connectivity index (χ0) is 27.9. The van der Waals surface area contributed by atoms with Gasteiger partial charge in [0.15, 0.2) is 0 Å². The zero-order valence-electron chi connectivity index (χ0n) is 22.2. The van der Waals surface area contributed by atoms with Crippen LogP contribution in [0.5, 0.6) is 0 Å². The van der Waals surface area contributed by atoms with Gasteiger partial charge in [0.05, 0.1) is 17.3 Å². The summed E-state index contributed by atoms with van der Waals surface area (Å²) in [5.74, 6) is -1.19. The fourth-order valence-electron chi connectivity index (χ4n) is 3.92. The number of halogens is 1. The molecule has 2 rings (SSSR count). The smallest absolute Gasteiger partial charge is 0.408 e. The normalized spacial score (nSPS) is 12.8. The lowest BCUT2D eigenvalue weighted by atomic mass is 9.98. The summed E-state index contributed by atoms with van der Waals surface area (Å²) in [5.41, 5.74) is 2.74. The van der Waals surface area contributed by atoms with Gasteiger partial charge in [0.25, 0.3) is 5.91 Å². The van der Waals surface area contributed by atoms with Gasteiger partial charge >= 0.3 is 6.09 Å². The van der Waals surface area contributed by atoms with Crippen LogP contribution in [0.25, 0.3) is 0 Å². The number of carbonyl (C=O) groups is 3. The van der Waals surface area contributed by atoms with Crippen LogP contribution >= 0.6 is 11.6 Å². The summed E-state index contributed by atoms with van der Waals surface area (Å²) in [6.45, 7) is 13.7. The van der Waals surface area contributed by atoms with Crippen LogP contribution in [0.4, 0.5) is 10.5 Å². The number of ether oxygens (including phenoxy) is 1. The summed E-state index contributed by atoms with van der Waals surface area (Å²) in [6, 6.07) is 8.37. The van der Waals surface area contributed by atoms with E-state index in [2.05, 4.69) is 17.2 Å². The number of benzene rings is 2. The number of amides is 3. The maximum atomic E-state index is 13.8. The van der Waals surface area contributed by atoms with Gasteiger partial charge in [-0.1, -0.05) is 59.1 Å². The van der Waals surface area contributed by atoms with Crippen LogP contribution in [0.3, 0.4) is 0 Å². The average Bonchev–Trinajstić information content (AvgIpc) is 2.77. The number of aliphatic hydroxyl groups is 1. The topological polar surface area (TPSA) is 108 Å². The minimum absolute atomic E-state index is 0.0298. The molecular weight excluding hydrogens is 494 g/mol. The number of hydrogen-bond acceptors (Lipinski definition) is 5. The van der Waals surface area contributed by atoms with Crippen LogP contribution in [0.15, 0.2) is 49.1 Å². The summed E-state index contributed by atoms with van der Waals surface area (Å²) >= 11 is 6.36. The van der Waals surface area contributed by atoms with Crippen molar-refractivity contribution in [3.63, 3.8) is 0 Å². The first-order chi connectivity index (χ1) is 17.3. The maximum Gasteiger partial charge on any atom is 0.408 e. The van der Waals surface area contributed by atoms with Gasteiger partial charge in [-0.15, -0.1) is 6.58 Å². The molecule has 2 unspecified atom stereocenters. The lowest BCUT2D eigenvalue weighted by Gasteiger charge is -2.33. The van der Waals surface area contributed by atoms with Gasteiger partial charge < -0.3 is 25.4 Å². The minimum Gasteiger partial charge on any atom is -0.444 e. The number of anilines is 1. The van der Waals surface area contributed by atoms with Crippen molar-refractivity contribution in [3.05, 3.63) is 76.3 Å². The average molecular weight is 530 g/mol. The molecule has 200 valence electrons. The molecule has 0 saturated heterocycles. The van der Waals surface area contributed by atoms with E-state index >= 15 is 0 Å². The van der Waals surface area contributed by atoms with E-state index in [9.17, 15) is 19.5 Å². The van der Waals surface area contributed by atoms with Crippen molar-refractivity contribution in [2.45, 2.75) is 59.2 Å². The Labute approximate surface area is 223 Å². The number of para-hydroxylation sites is 1. The molecule has 0 aliphatic rings. The fraction of sp³-hybridized carbons (Fsp3) is 0.393. The van der Waals surface area contributed by atoms with Crippen LogP contribution in [0.1, 0.15) is 49.1 Å². The highest BCUT2D eigenvalue weighted by Crippen LogP contribution is 2.30. The fourth-order valence-corrected chi connectivity index (χ4v) is 4.19. The van der Waals surface area contributed by atoms with E-state index in [1.807, 2.05) is 45.0 Å². The van der Waals surface area contributed by atoms with Gasteiger partial charge in [-0.2, -0.15) is 0 Å². The predicted molar refractivity (Wildman–Crippen MR) is 146 cm³/mol. The number of aryl methyl sites for hydroxylation is 3. The van der Waals surface area contributed by atoms with Gasteiger partial charge in [-0.3, -0.25) is 9.59 Å². The van der Waals surface area contributed by atoms with Crippen molar-refractivity contribution in [2.75, 3.05) is 18.5 Å². The number of carbonyl (C=O) groups excluding carboxylic acids is 3.